The third-order valence-electron chi connectivity index (χ3n) is 2.91. The van der Waals surface area contributed by atoms with Gasteiger partial charge in [0.25, 0.3) is 0 Å². The third-order valence-corrected chi connectivity index (χ3v) is 2.91. The van der Waals surface area contributed by atoms with Crippen molar-refractivity contribution >= 4 is 0 Å². The quantitative estimate of drug-likeness (QED) is 0.767. The van der Waals surface area contributed by atoms with Crippen LogP contribution in [0.15, 0.2) is 10.6 Å². The first-order valence-corrected chi connectivity index (χ1v) is 5.73. The van der Waals surface area contributed by atoms with Crippen LogP contribution in [0.3, 0.4) is 0 Å². The molecule has 1 aromatic rings. The highest BCUT2D eigenvalue weighted by Gasteiger charge is 2.16. The molecule has 1 fully saturated rings. The summed E-state index contributed by atoms with van der Waals surface area (Å²) < 4.78 is 5.62. The zero-order valence-corrected chi connectivity index (χ0v) is 9.04. The molecule has 1 aliphatic rings. The molecule has 2 rings (SSSR count). The molecule has 0 saturated carbocycles. The van der Waals surface area contributed by atoms with Crippen LogP contribution in [0, 0.1) is 5.92 Å². The third kappa shape index (κ3) is 3.04. The Morgan fingerprint density at radius 3 is 3.00 bits per heavy atom. The summed E-state index contributed by atoms with van der Waals surface area (Å²) in [6.45, 7) is 2.88. The first kappa shape index (κ1) is 10.6. The fourth-order valence-corrected chi connectivity index (χ4v) is 2.03. The van der Waals surface area contributed by atoms with Crippen molar-refractivity contribution in [3.05, 3.63) is 17.8 Å². The number of nitrogens with two attached hydrogens (primary N) is 1. The Morgan fingerprint density at radius 2 is 2.27 bits per heavy atom. The second kappa shape index (κ2) is 5.28. The lowest BCUT2D eigenvalue weighted by atomic mass is 9.95. The summed E-state index contributed by atoms with van der Waals surface area (Å²) in [7, 11) is 0. The van der Waals surface area contributed by atoms with Gasteiger partial charge >= 0.3 is 0 Å². The van der Waals surface area contributed by atoms with E-state index >= 15 is 0 Å². The van der Waals surface area contributed by atoms with E-state index in [0.717, 1.165) is 43.5 Å². The number of nitrogens with one attached hydrogen (secondary N) is 1. The van der Waals surface area contributed by atoms with Crippen molar-refractivity contribution in [2.45, 2.75) is 25.7 Å². The van der Waals surface area contributed by atoms with Gasteiger partial charge in [-0.15, -0.1) is 0 Å². The maximum atomic E-state index is 5.62. The van der Waals surface area contributed by atoms with E-state index in [1.807, 2.05) is 6.20 Å². The molecule has 0 aromatic carbocycles. The van der Waals surface area contributed by atoms with Crippen LogP contribution in [0.25, 0.3) is 0 Å². The molecule has 0 aliphatic carbocycles. The first-order valence-electron chi connectivity index (χ1n) is 5.73. The van der Waals surface area contributed by atoms with Crippen LogP contribution in [0.2, 0.25) is 0 Å². The van der Waals surface area contributed by atoms with E-state index < -0.39 is 0 Å². The summed E-state index contributed by atoms with van der Waals surface area (Å²) in [5.41, 5.74) is 5.46. The predicted octanol–water partition coefficient (Wildman–Crippen LogP) is 0.718. The maximum absolute atomic E-state index is 5.62. The lowest BCUT2D eigenvalue weighted by Crippen LogP contribution is -2.28. The second-order valence-corrected chi connectivity index (χ2v) is 4.16. The van der Waals surface area contributed by atoms with E-state index in [-0.39, 0.29) is 0 Å². The number of aromatic nitrogens is 1. The average Bonchev–Trinajstić information content (AvgIpc) is 2.68. The van der Waals surface area contributed by atoms with Gasteiger partial charge < -0.3 is 15.5 Å². The molecule has 2 heterocycles. The van der Waals surface area contributed by atoms with Gasteiger partial charge in [-0.3, -0.25) is 0 Å². The molecule has 1 saturated heterocycles. The van der Waals surface area contributed by atoms with E-state index in [4.69, 9.17) is 10.2 Å². The van der Waals surface area contributed by atoms with Crippen molar-refractivity contribution in [1.29, 1.82) is 0 Å². The van der Waals surface area contributed by atoms with Crippen LogP contribution in [0.4, 0.5) is 0 Å². The zero-order chi connectivity index (χ0) is 10.5. The molecule has 4 heteroatoms. The van der Waals surface area contributed by atoms with Crippen LogP contribution in [0.1, 0.15) is 24.5 Å². The van der Waals surface area contributed by atoms with Gasteiger partial charge in [0.05, 0.1) is 6.20 Å². The molecule has 0 unspecified atom stereocenters. The molecular formula is C11H19N3O. The second-order valence-electron chi connectivity index (χ2n) is 4.16. The normalized spacial score (nSPS) is 18.2. The van der Waals surface area contributed by atoms with Crippen molar-refractivity contribution in [2.24, 2.45) is 11.7 Å². The van der Waals surface area contributed by atoms with Gasteiger partial charge in [0.15, 0.2) is 5.89 Å². The van der Waals surface area contributed by atoms with Crippen LogP contribution in [-0.4, -0.2) is 24.6 Å². The molecule has 1 aromatic heterocycles. The lowest BCUT2D eigenvalue weighted by Gasteiger charge is -2.20. The monoisotopic (exact) mass is 209 g/mol. The smallest absolute Gasteiger partial charge is 0.194 e. The molecule has 0 radical (unpaired) electrons. The Bertz CT molecular complexity index is 292. The van der Waals surface area contributed by atoms with Crippen molar-refractivity contribution in [3.8, 4) is 0 Å². The van der Waals surface area contributed by atoms with E-state index in [9.17, 15) is 0 Å². The molecule has 0 amide bonds. The predicted molar refractivity (Wildman–Crippen MR) is 58.6 cm³/mol. The van der Waals surface area contributed by atoms with Crippen molar-refractivity contribution < 1.29 is 4.42 Å². The molecule has 0 atom stereocenters. The minimum atomic E-state index is 0.627. The zero-order valence-electron chi connectivity index (χ0n) is 9.04. The fourth-order valence-electron chi connectivity index (χ4n) is 2.03. The van der Waals surface area contributed by atoms with Crippen LogP contribution < -0.4 is 11.1 Å². The van der Waals surface area contributed by atoms with Crippen LogP contribution in [0.5, 0.6) is 0 Å². The lowest BCUT2D eigenvalue weighted by molar-refractivity contribution is 0.336. The molecule has 4 nitrogen and oxygen atoms in total. The Morgan fingerprint density at radius 1 is 1.47 bits per heavy atom. The first-order chi connectivity index (χ1) is 7.38. The van der Waals surface area contributed by atoms with Gasteiger partial charge in [0.2, 0.25) is 0 Å². The molecule has 3 N–H and O–H groups in total. The Hall–Kier alpha value is -0.870. The Kier molecular flexibility index (Phi) is 3.75. The molecule has 1 aliphatic heterocycles. The van der Waals surface area contributed by atoms with E-state index in [0.29, 0.717) is 6.54 Å². The van der Waals surface area contributed by atoms with Gasteiger partial charge in [0.1, 0.15) is 5.76 Å². The molecule has 84 valence electrons. The summed E-state index contributed by atoms with van der Waals surface area (Å²) in [5, 5.41) is 3.36. The SMILES string of the molecule is NCCc1cnc(CC2CCNCC2)o1. The van der Waals surface area contributed by atoms with Gasteiger partial charge in [-0.05, 0) is 38.4 Å². The van der Waals surface area contributed by atoms with E-state index in [2.05, 4.69) is 10.3 Å². The van der Waals surface area contributed by atoms with Crippen LogP contribution >= 0.6 is 0 Å². The van der Waals surface area contributed by atoms with E-state index in [1.54, 1.807) is 0 Å². The average molecular weight is 209 g/mol. The Labute approximate surface area is 90.2 Å². The molecule has 15 heavy (non-hydrogen) atoms. The Balaban J connectivity index is 1.86. The highest BCUT2D eigenvalue weighted by Crippen LogP contribution is 2.17. The van der Waals surface area contributed by atoms with Crippen molar-refractivity contribution in [1.82, 2.24) is 10.3 Å². The minimum Gasteiger partial charge on any atom is -0.446 e. The fraction of sp³-hybridized carbons (Fsp3) is 0.727. The number of rotatable bonds is 4. The largest absolute Gasteiger partial charge is 0.446 e. The van der Waals surface area contributed by atoms with Crippen LogP contribution in [-0.2, 0) is 12.8 Å². The molecule has 0 spiro atoms. The van der Waals surface area contributed by atoms with Gasteiger partial charge in [-0.2, -0.15) is 0 Å². The van der Waals surface area contributed by atoms with Gasteiger partial charge in [0, 0.05) is 12.8 Å². The summed E-state index contributed by atoms with van der Waals surface area (Å²) in [5.74, 6) is 2.53. The highest BCUT2D eigenvalue weighted by molar-refractivity contribution is 4.95. The summed E-state index contributed by atoms with van der Waals surface area (Å²) in [6.07, 6.45) is 6.04. The maximum Gasteiger partial charge on any atom is 0.194 e. The molecular weight excluding hydrogens is 190 g/mol. The van der Waals surface area contributed by atoms with Gasteiger partial charge in [-0.1, -0.05) is 0 Å². The number of piperidine rings is 1. The summed E-state index contributed by atoms with van der Waals surface area (Å²) in [6, 6.07) is 0. The minimum absolute atomic E-state index is 0.627. The van der Waals surface area contributed by atoms with Crippen molar-refractivity contribution in [3.63, 3.8) is 0 Å². The van der Waals surface area contributed by atoms with Gasteiger partial charge in [-0.25, -0.2) is 4.98 Å². The topological polar surface area (TPSA) is 64.1 Å². The number of hydrogen-bond acceptors (Lipinski definition) is 4. The highest BCUT2D eigenvalue weighted by atomic mass is 16.4. The summed E-state index contributed by atoms with van der Waals surface area (Å²) in [4.78, 5) is 4.29. The van der Waals surface area contributed by atoms with E-state index in [1.165, 1.54) is 12.8 Å². The number of oxazole rings is 1. The standard InChI is InChI=1S/C11H19N3O/c12-4-1-10-8-14-11(15-10)7-9-2-5-13-6-3-9/h8-9,13H,1-7,12H2. The van der Waals surface area contributed by atoms with Crippen molar-refractivity contribution in [2.75, 3.05) is 19.6 Å². The summed E-state index contributed by atoms with van der Waals surface area (Å²) >= 11 is 0. The number of hydrogen-bond donors (Lipinski definition) is 2. The molecule has 0 bridgehead atoms. The number of nitrogens with zero attached hydrogens (tertiary/aromatic N) is 1.